The number of nitrogens with one attached hydrogen (secondary N) is 1. The van der Waals surface area contributed by atoms with E-state index in [4.69, 9.17) is 27.9 Å². The van der Waals surface area contributed by atoms with E-state index in [0.29, 0.717) is 27.1 Å². The molecule has 1 unspecified atom stereocenters. The average molecular weight is 619 g/mol. The minimum Gasteiger partial charge on any atom is -0.457 e. The zero-order valence-electron chi connectivity index (χ0n) is 22.9. The van der Waals surface area contributed by atoms with E-state index in [0.717, 1.165) is 36.2 Å². The topological polar surface area (TPSA) is 96.0 Å². The zero-order valence-corrected chi connectivity index (χ0v) is 25.3. The summed E-state index contributed by atoms with van der Waals surface area (Å²) < 4.78 is 32.5. The van der Waals surface area contributed by atoms with Crippen LogP contribution in [0.4, 0.5) is 5.69 Å². The first-order valence-corrected chi connectivity index (χ1v) is 16.0. The van der Waals surface area contributed by atoms with Crippen molar-refractivity contribution >= 4 is 50.7 Å². The smallest absolute Gasteiger partial charge is 0.244 e. The van der Waals surface area contributed by atoms with Crippen LogP contribution in [0.25, 0.3) is 0 Å². The number of nitrogens with zero attached hydrogens (tertiary/aromatic N) is 2. The van der Waals surface area contributed by atoms with Gasteiger partial charge in [-0.3, -0.25) is 13.9 Å². The molecule has 1 atom stereocenters. The number of ether oxygens (including phenoxy) is 1. The number of carbonyl (C=O) groups is 2. The predicted molar refractivity (Wildman–Crippen MR) is 162 cm³/mol. The molecule has 1 aliphatic carbocycles. The Balaban J connectivity index is 1.57. The highest BCUT2D eigenvalue weighted by Crippen LogP contribution is 2.27. The molecule has 0 saturated heterocycles. The number of halogens is 2. The molecule has 0 spiro atoms. The molecule has 1 fully saturated rings. The standard InChI is InChI=1S/C30H33Cl2N3O5S/c1-21(30(37)33-24-8-6-7-9-24)34(19-22-12-13-23(31)18-28(22)32)29(36)20-35(41(2,38)39)25-14-16-27(17-15-25)40-26-10-4-3-5-11-26/h3-5,10-18,21,24H,6-9,19-20H2,1-2H3,(H,33,37). The lowest BCUT2D eigenvalue weighted by atomic mass is 10.1. The summed E-state index contributed by atoms with van der Waals surface area (Å²) in [6.45, 7) is 1.12. The Kier molecular flexibility index (Phi) is 10.2. The Morgan fingerprint density at radius 3 is 2.22 bits per heavy atom. The molecule has 4 rings (SSSR count). The average Bonchev–Trinajstić information content (AvgIpc) is 3.44. The first kappa shape index (κ1) is 30.7. The fourth-order valence-electron chi connectivity index (χ4n) is 4.73. The molecule has 0 aliphatic heterocycles. The van der Waals surface area contributed by atoms with Gasteiger partial charge in [0.1, 0.15) is 24.1 Å². The summed E-state index contributed by atoms with van der Waals surface area (Å²) in [6.07, 6.45) is 4.90. The molecular formula is C30H33Cl2N3O5S. The number of sulfonamides is 1. The van der Waals surface area contributed by atoms with Crippen molar-refractivity contribution in [3.05, 3.63) is 88.4 Å². The molecule has 0 aromatic heterocycles. The molecule has 0 heterocycles. The second kappa shape index (κ2) is 13.6. The molecule has 3 aromatic carbocycles. The molecule has 1 aliphatic rings. The minimum atomic E-state index is -3.87. The van der Waals surface area contributed by atoms with Crippen LogP contribution < -0.4 is 14.4 Å². The van der Waals surface area contributed by atoms with Gasteiger partial charge in [0.05, 0.1) is 11.9 Å². The molecule has 1 N–H and O–H groups in total. The number of anilines is 1. The number of hydrogen-bond acceptors (Lipinski definition) is 5. The molecule has 2 amide bonds. The van der Waals surface area contributed by atoms with Gasteiger partial charge in [0, 0.05) is 22.6 Å². The first-order chi connectivity index (χ1) is 19.5. The lowest BCUT2D eigenvalue weighted by molar-refractivity contribution is -0.139. The maximum atomic E-state index is 13.8. The van der Waals surface area contributed by atoms with Crippen molar-refractivity contribution in [1.82, 2.24) is 10.2 Å². The summed E-state index contributed by atoms with van der Waals surface area (Å²) >= 11 is 12.5. The van der Waals surface area contributed by atoms with Gasteiger partial charge in [-0.05, 0) is 73.9 Å². The SMILES string of the molecule is CC(C(=O)NC1CCCC1)N(Cc1ccc(Cl)cc1Cl)C(=O)CN(c1ccc(Oc2ccccc2)cc1)S(C)(=O)=O. The Labute approximate surface area is 251 Å². The van der Waals surface area contributed by atoms with Crippen LogP contribution in [0.3, 0.4) is 0 Å². The van der Waals surface area contributed by atoms with E-state index < -0.39 is 28.5 Å². The number of hydrogen-bond donors (Lipinski definition) is 1. The number of carbonyl (C=O) groups excluding carboxylic acids is 2. The van der Waals surface area contributed by atoms with Gasteiger partial charge in [-0.25, -0.2) is 8.42 Å². The maximum absolute atomic E-state index is 13.8. The fraction of sp³-hybridized carbons (Fsp3) is 0.333. The van der Waals surface area contributed by atoms with E-state index in [9.17, 15) is 18.0 Å². The van der Waals surface area contributed by atoms with Gasteiger partial charge in [0.25, 0.3) is 0 Å². The molecule has 0 radical (unpaired) electrons. The third-order valence-electron chi connectivity index (χ3n) is 7.01. The van der Waals surface area contributed by atoms with Gasteiger partial charge >= 0.3 is 0 Å². The first-order valence-electron chi connectivity index (χ1n) is 13.4. The summed E-state index contributed by atoms with van der Waals surface area (Å²) in [5, 5.41) is 3.81. The third-order valence-corrected chi connectivity index (χ3v) is 8.73. The van der Waals surface area contributed by atoms with Crippen LogP contribution in [-0.2, 0) is 26.2 Å². The molecule has 8 nitrogen and oxygen atoms in total. The van der Waals surface area contributed by atoms with Gasteiger partial charge in [-0.2, -0.15) is 0 Å². The Bertz CT molecular complexity index is 1460. The van der Waals surface area contributed by atoms with E-state index >= 15 is 0 Å². The third kappa shape index (κ3) is 8.38. The van der Waals surface area contributed by atoms with Crippen LogP contribution in [0.15, 0.2) is 72.8 Å². The normalized spacial score (nSPS) is 14.3. The molecule has 0 bridgehead atoms. The molecule has 11 heteroatoms. The largest absolute Gasteiger partial charge is 0.457 e. The molecule has 1 saturated carbocycles. The highest BCUT2D eigenvalue weighted by atomic mass is 35.5. The Morgan fingerprint density at radius 1 is 0.976 bits per heavy atom. The van der Waals surface area contributed by atoms with Gasteiger partial charge < -0.3 is 15.0 Å². The number of rotatable bonds is 11. The lowest BCUT2D eigenvalue weighted by Crippen LogP contribution is -2.52. The summed E-state index contributed by atoms with van der Waals surface area (Å²) in [7, 11) is -3.87. The van der Waals surface area contributed by atoms with Crippen molar-refractivity contribution in [3.8, 4) is 11.5 Å². The van der Waals surface area contributed by atoms with Crippen LogP contribution >= 0.6 is 23.2 Å². The summed E-state index contributed by atoms with van der Waals surface area (Å²) in [6, 6.07) is 19.7. The van der Waals surface area contributed by atoms with E-state index in [-0.39, 0.29) is 24.2 Å². The molecule has 218 valence electrons. The van der Waals surface area contributed by atoms with Crippen LogP contribution in [0.1, 0.15) is 38.2 Å². The van der Waals surface area contributed by atoms with Crippen LogP contribution in [0.2, 0.25) is 10.0 Å². The van der Waals surface area contributed by atoms with E-state index in [1.54, 1.807) is 61.5 Å². The molecule has 3 aromatic rings. The number of para-hydroxylation sites is 1. The summed E-state index contributed by atoms with van der Waals surface area (Å²) in [5.41, 5.74) is 0.868. The van der Waals surface area contributed by atoms with E-state index in [1.165, 1.54) is 4.90 Å². The quantitative estimate of drug-likeness (QED) is 0.283. The van der Waals surface area contributed by atoms with Crippen molar-refractivity contribution in [2.24, 2.45) is 0 Å². The summed E-state index contributed by atoms with van der Waals surface area (Å²) in [5.74, 6) is 0.288. The van der Waals surface area contributed by atoms with Crippen LogP contribution in [0.5, 0.6) is 11.5 Å². The number of amides is 2. The Hall–Kier alpha value is -3.27. The van der Waals surface area contributed by atoms with Crippen molar-refractivity contribution in [3.63, 3.8) is 0 Å². The highest BCUT2D eigenvalue weighted by Gasteiger charge is 2.31. The maximum Gasteiger partial charge on any atom is 0.244 e. The van der Waals surface area contributed by atoms with E-state index in [2.05, 4.69) is 5.32 Å². The van der Waals surface area contributed by atoms with E-state index in [1.807, 2.05) is 18.2 Å². The lowest BCUT2D eigenvalue weighted by Gasteiger charge is -2.32. The monoisotopic (exact) mass is 617 g/mol. The van der Waals surface area contributed by atoms with Gasteiger partial charge in [0.2, 0.25) is 21.8 Å². The second-order valence-corrected chi connectivity index (χ2v) is 12.9. The van der Waals surface area contributed by atoms with Crippen LogP contribution in [0, 0.1) is 0 Å². The minimum absolute atomic E-state index is 0.00442. The molecular weight excluding hydrogens is 585 g/mol. The van der Waals surface area contributed by atoms with Crippen molar-refractivity contribution in [2.75, 3.05) is 17.1 Å². The van der Waals surface area contributed by atoms with Crippen molar-refractivity contribution in [1.29, 1.82) is 0 Å². The molecule has 41 heavy (non-hydrogen) atoms. The van der Waals surface area contributed by atoms with Gasteiger partial charge in [-0.15, -0.1) is 0 Å². The highest BCUT2D eigenvalue weighted by molar-refractivity contribution is 7.92. The fourth-order valence-corrected chi connectivity index (χ4v) is 6.04. The van der Waals surface area contributed by atoms with Crippen LogP contribution in [-0.4, -0.2) is 50.0 Å². The predicted octanol–water partition coefficient (Wildman–Crippen LogP) is 6.03. The Morgan fingerprint density at radius 2 is 1.61 bits per heavy atom. The zero-order chi connectivity index (χ0) is 29.6. The van der Waals surface area contributed by atoms with Gasteiger partial charge in [-0.1, -0.05) is 60.3 Å². The van der Waals surface area contributed by atoms with Gasteiger partial charge in [0.15, 0.2) is 0 Å². The number of benzene rings is 3. The van der Waals surface area contributed by atoms with Crippen molar-refractivity contribution < 1.29 is 22.7 Å². The summed E-state index contributed by atoms with van der Waals surface area (Å²) in [4.78, 5) is 28.4. The second-order valence-electron chi connectivity index (χ2n) is 10.1. The van der Waals surface area contributed by atoms with Crippen molar-refractivity contribution in [2.45, 2.75) is 51.2 Å².